The number of benzene rings is 1. The van der Waals surface area contributed by atoms with Crippen LogP contribution >= 0.6 is 0 Å². The molecule has 172 valence electrons. The fraction of sp³-hybridized carbons (Fsp3) is 0.636. The van der Waals surface area contributed by atoms with Gasteiger partial charge in [0, 0.05) is 5.92 Å². The molecule has 2 aliphatic rings. The van der Waals surface area contributed by atoms with E-state index in [0.29, 0.717) is 18.7 Å². The molecule has 9 nitrogen and oxygen atoms in total. The first-order valence-electron chi connectivity index (χ1n) is 10.5. The molecule has 1 saturated carbocycles. The predicted octanol–water partition coefficient (Wildman–Crippen LogP) is 0.250. The van der Waals surface area contributed by atoms with Crippen molar-refractivity contribution >= 4 is 11.8 Å². The molecule has 0 radical (unpaired) electrons. The Morgan fingerprint density at radius 1 is 1.29 bits per heavy atom. The second kappa shape index (κ2) is 8.84. The number of aliphatic hydroxyl groups excluding tert-OH is 2. The van der Waals surface area contributed by atoms with E-state index in [-0.39, 0.29) is 10.4 Å². The van der Waals surface area contributed by atoms with Crippen LogP contribution in [-0.4, -0.2) is 89.0 Å². The topological polar surface area (TPSA) is 134 Å². The molecule has 0 spiro atoms. The predicted molar refractivity (Wildman–Crippen MR) is 109 cm³/mol. The average molecular weight is 438 g/mol. The molecule has 4 N–H and O–H groups in total. The fourth-order valence-corrected chi connectivity index (χ4v) is 4.94. The number of Topliss-reactive ketones (excluding diaryl/α,β-unsaturated/α-hetero) is 1. The molecular weight excluding hydrogens is 406 g/mol. The SMILES string of the molecule is COc1cccc(C2(O)CCCCC2C[N+](C)(C)C2OC(C(=O)O)C(=O)C(O)C2O)c1. The van der Waals surface area contributed by atoms with Gasteiger partial charge >= 0.3 is 5.97 Å². The van der Waals surface area contributed by atoms with Gasteiger partial charge in [0.15, 0.2) is 6.10 Å². The van der Waals surface area contributed by atoms with Crippen molar-refractivity contribution in [1.82, 2.24) is 0 Å². The summed E-state index contributed by atoms with van der Waals surface area (Å²) in [6.07, 6.45) is -3.36. The van der Waals surface area contributed by atoms with Gasteiger partial charge in [-0.25, -0.2) is 4.79 Å². The van der Waals surface area contributed by atoms with Crippen LogP contribution in [-0.2, 0) is 19.9 Å². The first kappa shape index (κ1) is 23.6. The van der Waals surface area contributed by atoms with Crippen LogP contribution in [0.3, 0.4) is 0 Å². The minimum Gasteiger partial charge on any atom is -0.497 e. The summed E-state index contributed by atoms with van der Waals surface area (Å²) >= 11 is 0. The number of likely N-dealkylation sites (N-methyl/N-ethyl adjacent to an activating group) is 1. The number of hydrogen-bond acceptors (Lipinski definition) is 7. The lowest BCUT2D eigenvalue weighted by Crippen LogP contribution is -2.68. The average Bonchev–Trinajstić information content (AvgIpc) is 2.73. The quantitative estimate of drug-likeness (QED) is 0.367. The van der Waals surface area contributed by atoms with Crippen LogP contribution < -0.4 is 4.74 Å². The van der Waals surface area contributed by atoms with Gasteiger partial charge in [0.25, 0.3) is 0 Å². The zero-order valence-electron chi connectivity index (χ0n) is 18.1. The molecule has 0 bridgehead atoms. The monoisotopic (exact) mass is 438 g/mol. The van der Waals surface area contributed by atoms with Crippen LogP contribution in [0, 0.1) is 5.92 Å². The van der Waals surface area contributed by atoms with E-state index in [1.807, 2.05) is 18.2 Å². The first-order chi connectivity index (χ1) is 14.5. The molecule has 6 unspecified atom stereocenters. The maximum Gasteiger partial charge on any atom is 0.341 e. The van der Waals surface area contributed by atoms with Gasteiger partial charge in [-0.2, -0.15) is 0 Å². The number of aliphatic carboxylic acids is 1. The highest BCUT2D eigenvalue weighted by Gasteiger charge is 2.54. The highest BCUT2D eigenvalue weighted by Crippen LogP contribution is 2.44. The molecule has 1 aliphatic carbocycles. The minimum atomic E-state index is -1.85. The van der Waals surface area contributed by atoms with Gasteiger partial charge in [-0.05, 0) is 30.5 Å². The Morgan fingerprint density at radius 3 is 2.65 bits per heavy atom. The van der Waals surface area contributed by atoms with Crippen LogP contribution in [0.4, 0.5) is 0 Å². The summed E-state index contributed by atoms with van der Waals surface area (Å²) in [5.74, 6) is -2.16. The Hall–Kier alpha value is -2.04. The summed E-state index contributed by atoms with van der Waals surface area (Å²) in [5, 5.41) is 41.7. The normalized spacial score (nSPS) is 34.4. The van der Waals surface area contributed by atoms with Crippen LogP contribution in [0.5, 0.6) is 5.75 Å². The van der Waals surface area contributed by atoms with Gasteiger partial charge in [0.05, 0.1) is 33.4 Å². The maximum absolute atomic E-state index is 12.0. The Labute approximate surface area is 181 Å². The molecule has 1 aliphatic heterocycles. The van der Waals surface area contributed by atoms with Crippen LogP contribution in [0.1, 0.15) is 31.2 Å². The van der Waals surface area contributed by atoms with Crippen LogP contribution in [0.25, 0.3) is 0 Å². The van der Waals surface area contributed by atoms with Crippen molar-refractivity contribution in [3.8, 4) is 5.75 Å². The van der Waals surface area contributed by atoms with Crippen molar-refractivity contribution < 1.29 is 44.0 Å². The van der Waals surface area contributed by atoms with Gasteiger partial charge in [0.1, 0.15) is 11.9 Å². The van der Waals surface area contributed by atoms with Crippen molar-refractivity contribution in [1.29, 1.82) is 0 Å². The van der Waals surface area contributed by atoms with Gasteiger partial charge < -0.3 is 34.4 Å². The third kappa shape index (κ3) is 4.47. The van der Waals surface area contributed by atoms with E-state index in [1.165, 1.54) is 0 Å². The third-order valence-electron chi connectivity index (χ3n) is 6.65. The van der Waals surface area contributed by atoms with Gasteiger partial charge in [0.2, 0.25) is 18.1 Å². The highest BCUT2D eigenvalue weighted by molar-refractivity contribution is 6.04. The van der Waals surface area contributed by atoms with Crippen molar-refractivity contribution in [3.63, 3.8) is 0 Å². The number of rotatable bonds is 6. The van der Waals surface area contributed by atoms with Crippen molar-refractivity contribution in [2.45, 2.75) is 55.8 Å². The molecule has 1 aromatic rings. The maximum atomic E-state index is 12.0. The molecule has 6 atom stereocenters. The summed E-state index contributed by atoms with van der Waals surface area (Å²) in [7, 11) is 5.03. The molecule has 0 aromatic heterocycles. The van der Waals surface area contributed by atoms with Crippen molar-refractivity contribution in [2.24, 2.45) is 5.92 Å². The Balaban J connectivity index is 1.88. The molecule has 0 amide bonds. The number of carbonyl (C=O) groups excluding carboxylic acids is 1. The standard InChI is InChI=1S/C22H31NO8/c1-23(2,20-18(26)16(24)17(25)19(31-20)21(27)28)12-14-7-4-5-10-22(14,29)13-8-6-9-15(11-13)30-3/h6,8-9,11,14,16,18-20,24,26,29H,4-5,7,10,12H2,1-3H3/p+1. The summed E-state index contributed by atoms with van der Waals surface area (Å²) in [5.41, 5.74) is -0.400. The Morgan fingerprint density at radius 2 is 2.00 bits per heavy atom. The Bertz CT molecular complexity index is 827. The number of aliphatic hydroxyl groups is 3. The van der Waals surface area contributed by atoms with E-state index < -0.39 is 41.9 Å². The number of ether oxygens (including phenoxy) is 2. The second-order valence-corrected chi connectivity index (χ2v) is 9.14. The number of carboxylic acid groups (broad SMARTS) is 1. The van der Waals surface area contributed by atoms with E-state index in [2.05, 4.69) is 0 Å². The number of nitrogens with zero attached hydrogens (tertiary/aromatic N) is 1. The molecule has 3 rings (SSSR count). The second-order valence-electron chi connectivity index (χ2n) is 9.14. The number of carbonyl (C=O) groups is 2. The summed E-state index contributed by atoms with van der Waals surface area (Å²) in [4.78, 5) is 23.4. The van der Waals surface area contributed by atoms with Gasteiger partial charge in [-0.15, -0.1) is 0 Å². The molecule has 1 heterocycles. The summed E-state index contributed by atoms with van der Waals surface area (Å²) in [6.45, 7) is 0.336. The molecule has 9 heteroatoms. The first-order valence-corrected chi connectivity index (χ1v) is 10.5. The molecule has 31 heavy (non-hydrogen) atoms. The van der Waals surface area contributed by atoms with Crippen LogP contribution in [0.2, 0.25) is 0 Å². The zero-order valence-corrected chi connectivity index (χ0v) is 18.1. The van der Waals surface area contributed by atoms with Gasteiger partial charge in [-0.3, -0.25) is 4.79 Å². The fourth-order valence-electron chi connectivity index (χ4n) is 4.94. The molecule has 2 fully saturated rings. The zero-order chi connectivity index (χ0) is 23.0. The number of methoxy groups -OCH3 is 1. The van der Waals surface area contributed by atoms with Crippen molar-refractivity contribution in [2.75, 3.05) is 27.7 Å². The smallest absolute Gasteiger partial charge is 0.341 e. The Kier molecular flexibility index (Phi) is 6.73. The van der Waals surface area contributed by atoms with Gasteiger partial charge in [-0.1, -0.05) is 25.0 Å². The lowest BCUT2D eigenvalue weighted by Gasteiger charge is -2.49. The molecule has 1 saturated heterocycles. The molecule has 1 aromatic carbocycles. The van der Waals surface area contributed by atoms with Crippen molar-refractivity contribution in [3.05, 3.63) is 29.8 Å². The third-order valence-corrected chi connectivity index (χ3v) is 6.65. The largest absolute Gasteiger partial charge is 0.497 e. The lowest BCUT2D eigenvalue weighted by molar-refractivity contribution is -0.946. The number of ketones is 1. The highest BCUT2D eigenvalue weighted by atomic mass is 16.6. The minimum absolute atomic E-state index is 0.0355. The summed E-state index contributed by atoms with van der Waals surface area (Å²) < 4.78 is 10.7. The summed E-state index contributed by atoms with van der Waals surface area (Å²) in [6, 6.07) is 7.30. The molecular formula is C22H32NO8+. The van der Waals surface area contributed by atoms with E-state index in [0.717, 1.165) is 24.8 Å². The van der Waals surface area contributed by atoms with Crippen LogP contribution in [0.15, 0.2) is 24.3 Å². The van der Waals surface area contributed by atoms with E-state index >= 15 is 0 Å². The van der Waals surface area contributed by atoms with E-state index in [1.54, 1.807) is 27.3 Å². The lowest BCUT2D eigenvalue weighted by atomic mass is 9.71. The number of carboxylic acids is 1. The van der Waals surface area contributed by atoms with E-state index in [9.17, 15) is 30.0 Å². The van der Waals surface area contributed by atoms with E-state index in [4.69, 9.17) is 9.47 Å². The number of hydrogen-bond donors (Lipinski definition) is 4. The number of quaternary nitrogens is 1.